The molecule has 0 bridgehead atoms. The lowest BCUT2D eigenvalue weighted by molar-refractivity contribution is 0.101. The van der Waals surface area contributed by atoms with E-state index in [9.17, 15) is 9.59 Å². The van der Waals surface area contributed by atoms with E-state index < -0.39 is 11.8 Å². The van der Waals surface area contributed by atoms with Gasteiger partial charge in [0.1, 0.15) is 23.1 Å². The number of ether oxygens (including phenoxy) is 2. The molecule has 7 rings (SSSR count). The van der Waals surface area contributed by atoms with Crippen LogP contribution in [0.4, 0.5) is 23.0 Å². The predicted octanol–water partition coefficient (Wildman–Crippen LogP) is 7.43. The summed E-state index contributed by atoms with van der Waals surface area (Å²) >= 11 is 0. The number of rotatable bonds is 8. The highest BCUT2D eigenvalue weighted by Gasteiger charge is 2.13. The van der Waals surface area contributed by atoms with E-state index in [1.165, 1.54) is 12.4 Å². The van der Waals surface area contributed by atoms with Gasteiger partial charge in [0.15, 0.2) is 0 Å². The molecule has 234 valence electrons. The van der Waals surface area contributed by atoms with Gasteiger partial charge < -0.3 is 31.6 Å². The van der Waals surface area contributed by atoms with Gasteiger partial charge in [-0.25, -0.2) is 15.0 Å². The molecule has 0 saturated heterocycles. The minimum Gasteiger partial charge on any atom is -0.438 e. The fraction of sp³-hybridized carbons (Fsp3) is 0. The first-order valence-corrected chi connectivity index (χ1v) is 14.8. The molecule has 0 aliphatic carbocycles. The highest BCUT2D eigenvalue weighted by atomic mass is 16.5. The summed E-state index contributed by atoms with van der Waals surface area (Å²) in [6.07, 6.45) is 2.82. The fourth-order valence-corrected chi connectivity index (χ4v) is 5.12. The summed E-state index contributed by atoms with van der Waals surface area (Å²) in [5.41, 5.74) is 14.1. The number of carbonyl (C=O) groups is 2. The maximum atomic E-state index is 12.9. The average molecular weight is 634 g/mol. The van der Waals surface area contributed by atoms with Crippen molar-refractivity contribution < 1.29 is 19.1 Å². The van der Waals surface area contributed by atoms with Crippen molar-refractivity contribution in [3.05, 3.63) is 139 Å². The molecule has 7 aromatic rings. The number of aromatic nitrogens is 3. The molecule has 3 aromatic heterocycles. The number of pyridine rings is 3. The van der Waals surface area contributed by atoms with Crippen LogP contribution in [0.15, 0.2) is 128 Å². The van der Waals surface area contributed by atoms with E-state index in [4.69, 9.17) is 20.9 Å². The molecule has 0 aliphatic heterocycles. The van der Waals surface area contributed by atoms with Crippen LogP contribution in [0, 0.1) is 0 Å². The van der Waals surface area contributed by atoms with Gasteiger partial charge in [0, 0.05) is 57.4 Å². The normalized spacial score (nSPS) is 10.8. The van der Waals surface area contributed by atoms with Gasteiger partial charge in [-0.15, -0.1) is 0 Å². The standard InChI is InChI=1S/C37H27N7O4/c38-28-10-1-8-26-24(28)6-3-12-30(26)47-34-18-16-22(20-40-34)36(45)43-32-14-5-15-33(42-32)44-37(46)23-17-19-35(41-21-23)48-31-13-4-7-25-27(31)9-2-11-29(25)39/h1-21H,38-39H2,(H2,42,43,44,45,46). The SMILES string of the molecule is Nc1cccc2c(Oc3ccc(C(=O)Nc4cccc(NC(=O)c5ccc(Oc6cccc7c(N)cccc67)nc5)n4)cn3)cccc12. The van der Waals surface area contributed by atoms with Crippen molar-refractivity contribution in [2.24, 2.45) is 0 Å². The Bertz CT molecular complexity index is 2150. The van der Waals surface area contributed by atoms with Gasteiger partial charge in [-0.2, -0.15) is 0 Å². The highest BCUT2D eigenvalue weighted by Crippen LogP contribution is 2.33. The summed E-state index contributed by atoms with van der Waals surface area (Å²) < 4.78 is 11.9. The molecule has 4 aromatic carbocycles. The Balaban J connectivity index is 0.974. The molecule has 0 atom stereocenters. The van der Waals surface area contributed by atoms with Gasteiger partial charge in [0.05, 0.1) is 11.1 Å². The van der Waals surface area contributed by atoms with Gasteiger partial charge in [-0.1, -0.05) is 54.6 Å². The third-order valence-electron chi connectivity index (χ3n) is 7.49. The zero-order chi connectivity index (χ0) is 33.0. The second-order valence-electron chi connectivity index (χ2n) is 10.7. The van der Waals surface area contributed by atoms with Crippen LogP contribution in [-0.4, -0.2) is 26.8 Å². The van der Waals surface area contributed by atoms with Crippen LogP contribution in [0.2, 0.25) is 0 Å². The number of fused-ring (bicyclic) bond motifs is 2. The van der Waals surface area contributed by atoms with E-state index in [0.29, 0.717) is 45.8 Å². The summed E-state index contributed by atoms with van der Waals surface area (Å²) in [4.78, 5) is 38.8. The first kappa shape index (κ1) is 29.7. The fourth-order valence-electron chi connectivity index (χ4n) is 5.12. The number of carbonyl (C=O) groups excluding carboxylic acids is 2. The summed E-state index contributed by atoms with van der Waals surface area (Å²) in [7, 11) is 0. The maximum absolute atomic E-state index is 12.9. The minimum atomic E-state index is -0.434. The van der Waals surface area contributed by atoms with Crippen LogP contribution in [0.3, 0.4) is 0 Å². The zero-order valence-electron chi connectivity index (χ0n) is 25.3. The van der Waals surface area contributed by atoms with E-state index in [-0.39, 0.29) is 11.6 Å². The molecule has 0 saturated carbocycles. The first-order chi connectivity index (χ1) is 23.4. The Labute approximate surface area is 274 Å². The number of anilines is 4. The van der Waals surface area contributed by atoms with E-state index in [0.717, 1.165) is 21.5 Å². The van der Waals surface area contributed by atoms with E-state index in [1.807, 2.05) is 72.8 Å². The Kier molecular flexibility index (Phi) is 7.90. The lowest BCUT2D eigenvalue weighted by Gasteiger charge is -2.11. The number of amides is 2. The van der Waals surface area contributed by atoms with Gasteiger partial charge in [-0.3, -0.25) is 9.59 Å². The molecule has 0 radical (unpaired) electrons. The predicted molar refractivity (Wildman–Crippen MR) is 185 cm³/mol. The number of hydrogen-bond acceptors (Lipinski definition) is 9. The number of nitrogens with one attached hydrogen (secondary N) is 2. The van der Waals surface area contributed by atoms with Crippen molar-refractivity contribution >= 4 is 56.4 Å². The number of hydrogen-bond donors (Lipinski definition) is 4. The lowest BCUT2D eigenvalue weighted by Crippen LogP contribution is -2.16. The highest BCUT2D eigenvalue weighted by molar-refractivity contribution is 6.05. The molecular formula is C37H27N7O4. The molecule has 48 heavy (non-hydrogen) atoms. The van der Waals surface area contributed by atoms with Crippen molar-refractivity contribution in [2.45, 2.75) is 0 Å². The van der Waals surface area contributed by atoms with Gasteiger partial charge in [0.25, 0.3) is 11.8 Å². The number of benzene rings is 4. The van der Waals surface area contributed by atoms with Crippen molar-refractivity contribution in [2.75, 3.05) is 22.1 Å². The summed E-state index contributed by atoms with van der Waals surface area (Å²) in [6, 6.07) is 33.7. The molecule has 0 aliphatic rings. The van der Waals surface area contributed by atoms with Gasteiger partial charge in [0.2, 0.25) is 11.8 Å². The molecular weight excluding hydrogens is 606 g/mol. The Morgan fingerprint density at radius 3 is 1.35 bits per heavy atom. The van der Waals surface area contributed by atoms with E-state index in [1.54, 1.807) is 42.5 Å². The van der Waals surface area contributed by atoms with Crippen LogP contribution >= 0.6 is 0 Å². The Morgan fingerprint density at radius 1 is 0.500 bits per heavy atom. The Hall–Kier alpha value is -7.01. The zero-order valence-corrected chi connectivity index (χ0v) is 25.3. The smallest absolute Gasteiger partial charge is 0.258 e. The summed E-state index contributed by atoms with van der Waals surface area (Å²) in [5.74, 6) is 1.44. The molecule has 0 unspecified atom stereocenters. The number of nitrogens with two attached hydrogens (primary N) is 2. The van der Waals surface area contributed by atoms with Crippen molar-refractivity contribution in [3.8, 4) is 23.3 Å². The molecule has 6 N–H and O–H groups in total. The third-order valence-corrected chi connectivity index (χ3v) is 7.49. The van der Waals surface area contributed by atoms with E-state index >= 15 is 0 Å². The Morgan fingerprint density at radius 2 is 0.917 bits per heavy atom. The van der Waals surface area contributed by atoms with Crippen molar-refractivity contribution in [1.29, 1.82) is 0 Å². The first-order valence-electron chi connectivity index (χ1n) is 14.8. The van der Waals surface area contributed by atoms with Crippen LogP contribution in [0.5, 0.6) is 23.3 Å². The summed E-state index contributed by atoms with van der Waals surface area (Å²) in [5, 5.41) is 8.90. The topological polar surface area (TPSA) is 167 Å². The molecule has 2 amide bonds. The maximum Gasteiger partial charge on any atom is 0.258 e. The second kappa shape index (κ2) is 12.8. The van der Waals surface area contributed by atoms with Crippen LogP contribution in [0.1, 0.15) is 20.7 Å². The van der Waals surface area contributed by atoms with Crippen molar-refractivity contribution in [1.82, 2.24) is 15.0 Å². The van der Waals surface area contributed by atoms with Gasteiger partial charge >= 0.3 is 0 Å². The third kappa shape index (κ3) is 6.24. The molecule has 11 nitrogen and oxygen atoms in total. The lowest BCUT2D eigenvalue weighted by atomic mass is 10.1. The molecule has 11 heteroatoms. The van der Waals surface area contributed by atoms with Crippen LogP contribution in [-0.2, 0) is 0 Å². The van der Waals surface area contributed by atoms with E-state index in [2.05, 4.69) is 25.6 Å². The second-order valence-corrected chi connectivity index (χ2v) is 10.7. The van der Waals surface area contributed by atoms with Crippen molar-refractivity contribution in [3.63, 3.8) is 0 Å². The van der Waals surface area contributed by atoms with Gasteiger partial charge in [-0.05, 0) is 48.5 Å². The quantitative estimate of drug-likeness (QED) is 0.124. The van der Waals surface area contributed by atoms with Crippen LogP contribution in [0.25, 0.3) is 21.5 Å². The largest absolute Gasteiger partial charge is 0.438 e. The monoisotopic (exact) mass is 633 g/mol. The number of nitrogen functional groups attached to an aromatic ring is 2. The molecule has 0 spiro atoms. The minimum absolute atomic E-state index is 0.240. The van der Waals surface area contributed by atoms with Crippen LogP contribution < -0.4 is 31.6 Å². The summed E-state index contributed by atoms with van der Waals surface area (Å²) in [6.45, 7) is 0. The number of nitrogens with zero attached hydrogens (tertiary/aromatic N) is 3. The molecule has 0 fully saturated rings. The molecule has 3 heterocycles. The average Bonchev–Trinajstić information content (AvgIpc) is 3.10.